The van der Waals surface area contributed by atoms with Gasteiger partial charge in [0.05, 0.1) is 19.4 Å². The standard InChI is InChI=1S/C10H15NO4/c1-2-14-6-4-11-7-9-8(10(12)13)3-5-15-9/h3,5,11H,2,4,6-7H2,1H3,(H,12,13). The highest BCUT2D eigenvalue weighted by Gasteiger charge is 2.12. The van der Waals surface area contributed by atoms with Crippen LogP contribution in [0, 0.1) is 0 Å². The minimum Gasteiger partial charge on any atom is -0.478 e. The molecule has 1 aromatic rings. The maximum Gasteiger partial charge on any atom is 0.339 e. The van der Waals surface area contributed by atoms with Crippen molar-refractivity contribution in [3.63, 3.8) is 0 Å². The second-order valence-corrected chi connectivity index (χ2v) is 2.94. The van der Waals surface area contributed by atoms with Crippen LogP contribution >= 0.6 is 0 Å². The highest BCUT2D eigenvalue weighted by atomic mass is 16.5. The molecule has 0 bridgehead atoms. The summed E-state index contributed by atoms with van der Waals surface area (Å²) in [5.41, 5.74) is 0.207. The molecule has 5 nitrogen and oxygen atoms in total. The van der Waals surface area contributed by atoms with E-state index in [4.69, 9.17) is 14.3 Å². The Morgan fingerprint density at radius 3 is 3.13 bits per heavy atom. The van der Waals surface area contributed by atoms with Crippen LogP contribution in [0.15, 0.2) is 16.7 Å². The Morgan fingerprint density at radius 2 is 2.47 bits per heavy atom. The first-order chi connectivity index (χ1) is 7.25. The lowest BCUT2D eigenvalue weighted by atomic mass is 10.2. The molecule has 0 fully saturated rings. The van der Waals surface area contributed by atoms with E-state index >= 15 is 0 Å². The summed E-state index contributed by atoms with van der Waals surface area (Å²) in [6.07, 6.45) is 1.38. The van der Waals surface area contributed by atoms with Gasteiger partial charge in [0.15, 0.2) is 0 Å². The van der Waals surface area contributed by atoms with E-state index in [2.05, 4.69) is 5.32 Å². The smallest absolute Gasteiger partial charge is 0.339 e. The van der Waals surface area contributed by atoms with Crippen LogP contribution in [-0.4, -0.2) is 30.8 Å². The number of nitrogens with one attached hydrogen (secondary N) is 1. The molecule has 0 saturated heterocycles. The van der Waals surface area contributed by atoms with E-state index < -0.39 is 5.97 Å². The molecule has 0 spiro atoms. The fraction of sp³-hybridized carbons (Fsp3) is 0.500. The molecule has 1 rings (SSSR count). The summed E-state index contributed by atoms with van der Waals surface area (Å²) in [6.45, 7) is 4.30. The number of furan rings is 1. The van der Waals surface area contributed by atoms with Crippen molar-refractivity contribution in [2.45, 2.75) is 13.5 Å². The number of hydrogen-bond donors (Lipinski definition) is 2. The zero-order chi connectivity index (χ0) is 11.1. The molecule has 0 aliphatic carbocycles. The number of carboxylic acid groups (broad SMARTS) is 1. The van der Waals surface area contributed by atoms with E-state index in [1.807, 2.05) is 6.92 Å². The summed E-state index contributed by atoms with van der Waals surface area (Å²) in [5, 5.41) is 11.8. The normalized spacial score (nSPS) is 10.5. The van der Waals surface area contributed by atoms with Gasteiger partial charge in [0.1, 0.15) is 11.3 Å². The van der Waals surface area contributed by atoms with Gasteiger partial charge in [-0.25, -0.2) is 4.79 Å². The molecule has 0 aliphatic heterocycles. The van der Waals surface area contributed by atoms with Crippen molar-refractivity contribution in [1.29, 1.82) is 0 Å². The zero-order valence-corrected chi connectivity index (χ0v) is 8.66. The van der Waals surface area contributed by atoms with E-state index in [1.165, 1.54) is 12.3 Å². The van der Waals surface area contributed by atoms with Crippen molar-refractivity contribution in [2.75, 3.05) is 19.8 Å². The Labute approximate surface area is 88.0 Å². The molecule has 0 saturated carbocycles. The van der Waals surface area contributed by atoms with Gasteiger partial charge >= 0.3 is 5.97 Å². The Kier molecular flexibility index (Phi) is 4.86. The molecule has 15 heavy (non-hydrogen) atoms. The fourth-order valence-corrected chi connectivity index (χ4v) is 1.16. The first-order valence-corrected chi connectivity index (χ1v) is 4.83. The van der Waals surface area contributed by atoms with Crippen LogP contribution in [0.25, 0.3) is 0 Å². The van der Waals surface area contributed by atoms with Gasteiger partial charge in [-0.1, -0.05) is 0 Å². The van der Waals surface area contributed by atoms with E-state index in [9.17, 15) is 4.79 Å². The second-order valence-electron chi connectivity index (χ2n) is 2.94. The van der Waals surface area contributed by atoms with Crippen molar-refractivity contribution in [2.24, 2.45) is 0 Å². The van der Waals surface area contributed by atoms with Gasteiger partial charge in [0.25, 0.3) is 0 Å². The maximum atomic E-state index is 10.7. The predicted octanol–water partition coefficient (Wildman–Crippen LogP) is 1.10. The number of carboxylic acids is 1. The number of carbonyl (C=O) groups is 1. The van der Waals surface area contributed by atoms with Gasteiger partial charge in [-0.2, -0.15) is 0 Å². The van der Waals surface area contributed by atoms with Crippen molar-refractivity contribution in [3.8, 4) is 0 Å². The SMILES string of the molecule is CCOCCNCc1occc1C(=O)O. The van der Waals surface area contributed by atoms with E-state index in [-0.39, 0.29) is 5.56 Å². The summed E-state index contributed by atoms with van der Waals surface area (Å²) in [4.78, 5) is 10.7. The molecule has 1 heterocycles. The summed E-state index contributed by atoms with van der Waals surface area (Å²) >= 11 is 0. The maximum absolute atomic E-state index is 10.7. The number of hydrogen-bond acceptors (Lipinski definition) is 4. The quantitative estimate of drug-likeness (QED) is 0.664. The third-order valence-corrected chi connectivity index (χ3v) is 1.89. The summed E-state index contributed by atoms with van der Waals surface area (Å²) in [6, 6.07) is 1.45. The monoisotopic (exact) mass is 213 g/mol. The van der Waals surface area contributed by atoms with Gasteiger partial charge in [0.2, 0.25) is 0 Å². The number of rotatable bonds is 7. The molecule has 0 unspecified atom stereocenters. The average Bonchev–Trinajstić information content (AvgIpc) is 2.66. The first-order valence-electron chi connectivity index (χ1n) is 4.83. The molecule has 0 aromatic carbocycles. The highest BCUT2D eigenvalue weighted by molar-refractivity contribution is 5.88. The number of aromatic carboxylic acids is 1. The minimum atomic E-state index is -0.967. The van der Waals surface area contributed by atoms with E-state index in [0.29, 0.717) is 32.1 Å². The topological polar surface area (TPSA) is 71.7 Å². The second kappa shape index (κ2) is 6.21. The zero-order valence-electron chi connectivity index (χ0n) is 8.66. The largest absolute Gasteiger partial charge is 0.478 e. The van der Waals surface area contributed by atoms with E-state index in [0.717, 1.165) is 0 Å². The summed E-state index contributed by atoms with van der Waals surface area (Å²) in [5.74, 6) is -0.524. The van der Waals surface area contributed by atoms with E-state index in [1.54, 1.807) is 0 Å². The van der Waals surface area contributed by atoms with Crippen LogP contribution in [0.4, 0.5) is 0 Å². The predicted molar refractivity (Wildman–Crippen MR) is 53.9 cm³/mol. The summed E-state index contributed by atoms with van der Waals surface area (Å²) < 4.78 is 10.2. The van der Waals surface area contributed by atoms with Gasteiger partial charge in [-0.3, -0.25) is 0 Å². The third kappa shape index (κ3) is 3.73. The molecule has 0 atom stereocenters. The Morgan fingerprint density at radius 1 is 1.67 bits per heavy atom. The molecular formula is C10H15NO4. The van der Waals surface area contributed by atoms with Crippen LogP contribution in [0.3, 0.4) is 0 Å². The van der Waals surface area contributed by atoms with Crippen LogP contribution < -0.4 is 5.32 Å². The molecule has 0 radical (unpaired) electrons. The Balaban J connectivity index is 2.31. The first kappa shape index (κ1) is 11.7. The fourth-order valence-electron chi connectivity index (χ4n) is 1.16. The average molecular weight is 213 g/mol. The van der Waals surface area contributed by atoms with Crippen LogP contribution in [0.1, 0.15) is 23.0 Å². The summed E-state index contributed by atoms with van der Waals surface area (Å²) in [7, 11) is 0. The molecule has 84 valence electrons. The lowest BCUT2D eigenvalue weighted by Gasteiger charge is -2.03. The van der Waals surface area contributed by atoms with Crippen molar-refractivity contribution in [3.05, 3.63) is 23.7 Å². The molecule has 2 N–H and O–H groups in total. The van der Waals surface area contributed by atoms with Crippen molar-refractivity contribution >= 4 is 5.97 Å². The number of ether oxygens (including phenoxy) is 1. The van der Waals surface area contributed by atoms with Gasteiger partial charge in [0, 0.05) is 13.2 Å². The third-order valence-electron chi connectivity index (χ3n) is 1.89. The van der Waals surface area contributed by atoms with Crippen molar-refractivity contribution < 1.29 is 19.1 Å². The van der Waals surface area contributed by atoms with Gasteiger partial charge in [-0.05, 0) is 13.0 Å². The Hall–Kier alpha value is -1.33. The van der Waals surface area contributed by atoms with Gasteiger partial charge < -0.3 is 19.6 Å². The Bertz CT molecular complexity index is 308. The lowest BCUT2D eigenvalue weighted by molar-refractivity contribution is 0.0694. The molecule has 5 heteroatoms. The van der Waals surface area contributed by atoms with Crippen LogP contribution in [0.2, 0.25) is 0 Å². The lowest BCUT2D eigenvalue weighted by Crippen LogP contribution is -2.20. The van der Waals surface area contributed by atoms with Crippen LogP contribution in [-0.2, 0) is 11.3 Å². The molecule has 1 aromatic heterocycles. The van der Waals surface area contributed by atoms with Gasteiger partial charge in [-0.15, -0.1) is 0 Å². The highest BCUT2D eigenvalue weighted by Crippen LogP contribution is 2.09. The minimum absolute atomic E-state index is 0.207. The molecule has 0 amide bonds. The van der Waals surface area contributed by atoms with Crippen LogP contribution in [0.5, 0.6) is 0 Å². The molecule has 0 aliphatic rings. The molecular weight excluding hydrogens is 198 g/mol. The van der Waals surface area contributed by atoms with Crippen molar-refractivity contribution in [1.82, 2.24) is 5.32 Å².